The van der Waals surface area contributed by atoms with E-state index in [2.05, 4.69) is 0 Å². The molecule has 1 saturated heterocycles. The van der Waals surface area contributed by atoms with Gasteiger partial charge in [-0.05, 0) is 23.8 Å². The summed E-state index contributed by atoms with van der Waals surface area (Å²) in [6.45, 7) is 1.17. The van der Waals surface area contributed by atoms with Crippen LogP contribution in [0.2, 0.25) is 0 Å². The van der Waals surface area contributed by atoms with Gasteiger partial charge in [0.15, 0.2) is 5.76 Å². The van der Waals surface area contributed by atoms with Crippen molar-refractivity contribution < 1.29 is 17.6 Å². The number of para-hydroxylation sites is 1. The fraction of sp³-hybridized carbons (Fsp3) is 0.190. The lowest BCUT2D eigenvalue weighted by Gasteiger charge is -2.32. The van der Waals surface area contributed by atoms with Crippen LogP contribution in [-0.4, -0.2) is 49.7 Å². The zero-order valence-electron chi connectivity index (χ0n) is 15.2. The van der Waals surface area contributed by atoms with Crippen molar-refractivity contribution in [3.8, 4) is 0 Å². The number of benzene rings is 2. The average molecular weight is 396 g/mol. The monoisotopic (exact) mass is 396 g/mol. The molecule has 0 aliphatic carbocycles. The molecule has 144 valence electrons. The number of piperazine rings is 1. The van der Waals surface area contributed by atoms with E-state index in [4.69, 9.17) is 4.42 Å². The zero-order valence-corrected chi connectivity index (χ0v) is 16.0. The number of furan rings is 1. The van der Waals surface area contributed by atoms with Gasteiger partial charge < -0.3 is 9.32 Å². The zero-order chi connectivity index (χ0) is 19.6. The topological polar surface area (TPSA) is 70.8 Å². The third-order valence-electron chi connectivity index (χ3n) is 4.75. The maximum atomic E-state index is 12.7. The smallest absolute Gasteiger partial charge is 0.289 e. The van der Waals surface area contributed by atoms with E-state index >= 15 is 0 Å². The van der Waals surface area contributed by atoms with Gasteiger partial charge in [-0.15, -0.1) is 0 Å². The Morgan fingerprint density at radius 2 is 1.61 bits per heavy atom. The maximum absolute atomic E-state index is 12.7. The van der Waals surface area contributed by atoms with E-state index in [1.807, 2.05) is 54.6 Å². The number of nitrogens with zero attached hydrogens (tertiary/aromatic N) is 2. The number of carbonyl (C=O) groups is 1. The van der Waals surface area contributed by atoms with E-state index in [1.165, 1.54) is 9.71 Å². The van der Waals surface area contributed by atoms with Gasteiger partial charge in [-0.2, -0.15) is 4.31 Å². The summed E-state index contributed by atoms with van der Waals surface area (Å²) in [7, 11) is -3.52. The number of hydrogen-bond donors (Lipinski definition) is 0. The Morgan fingerprint density at radius 3 is 2.32 bits per heavy atom. The van der Waals surface area contributed by atoms with Gasteiger partial charge in [0.25, 0.3) is 5.91 Å². The summed E-state index contributed by atoms with van der Waals surface area (Å²) in [5.41, 5.74) is 1.49. The number of sulfonamides is 1. The van der Waals surface area contributed by atoms with Gasteiger partial charge in [-0.25, -0.2) is 8.42 Å². The molecule has 0 atom stereocenters. The minimum atomic E-state index is -3.52. The minimum Gasteiger partial charge on any atom is -0.451 e. The third kappa shape index (κ3) is 3.85. The summed E-state index contributed by atoms with van der Waals surface area (Å²) in [6.07, 6.45) is 1.58. The standard InChI is InChI=1S/C21H20N2O4S/c24-21(20-16-18-8-4-5-9-19(18)27-20)22-11-13-23(14-12-22)28(25,26)15-10-17-6-2-1-3-7-17/h1-10,15-16H,11-14H2/b15-10+. The molecule has 1 aliphatic rings. The Bertz CT molecular complexity index is 1080. The Kier molecular flexibility index (Phi) is 5.02. The van der Waals surface area contributed by atoms with Gasteiger partial charge in [0.1, 0.15) is 5.58 Å². The van der Waals surface area contributed by atoms with Crippen LogP contribution < -0.4 is 0 Å². The highest BCUT2D eigenvalue weighted by Gasteiger charge is 2.29. The Labute approximate surface area is 163 Å². The van der Waals surface area contributed by atoms with Crippen LogP contribution in [0.25, 0.3) is 17.0 Å². The summed E-state index contributed by atoms with van der Waals surface area (Å²) < 4.78 is 32.1. The maximum Gasteiger partial charge on any atom is 0.289 e. The molecule has 1 amide bonds. The molecule has 0 radical (unpaired) electrons. The molecule has 7 heteroatoms. The Balaban J connectivity index is 1.41. The second-order valence-corrected chi connectivity index (χ2v) is 8.42. The molecular weight excluding hydrogens is 376 g/mol. The van der Waals surface area contributed by atoms with Crippen LogP contribution in [0.4, 0.5) is 0 Å². The number of rotatable bonds is 4. The predicted molar refractivity (Wildman–Crippen MR) is 108 cm³/mol. The quantitative estimate of drug-likeness (QED) is 0.679. The van der Waals surface area contributed by atoms with Crippen LogP contribution in [0.3, 0.4) is 0 Å². The third-order valence-corrected chi connectivity index (χ3v) is 6.32. The molecule has 1 aliphatic heterocycles. The van der Waals surface area contributed by atoms with Gasteiger partial charge in [0.05, 0.1) is 0 Å². The van der Waals surface area contributed by atoms with Gasteiger partial charge >= 0.3 is 0 Å². The lowest BCUT2D eigenvalue weighted by Crippen LogP contribution is -2.50. The lowest BCUT2D eigenvalue weighted by molar-refractivity contribution is 0.0669. The number of carbonyl (C=O) groups excluding carboxylic acids is 1. The van der Waals surface area contributed by atoms with Crippen LogP contribution in [0.5, 0.6) is 0 Å². The highest BCUT2D eigenvalue weighted by atomic mass is 32.2. The van der Waals surface area contributed by atoms with Gasteiger partial charge in [0, 0.05) is 37.0 Å². The Hall–Kier alpha value is -2.90. The molecule has 0 spiro atoms. The lowest BCUT2D eigenvalue weighted by atomic mass is 10.2. The van der Waals surface area contributed by atoms with E-state index in [0.29, 0.717) is 18.7 Å². The second-order valence-electron chi connectivity index (χ2n) is 6.60. The molecule has 28 heavy (non-hydrogen) atoms. The van der Waals surface area contributed by atoms with Gasteiger partial charge in [-0.3, -0.25) is 4.79 Å². The molecule has 0 saturated carbocycles. The highest BCUT2D eigenvalue weighted by Crippen LogP contribution is 2.21. The number of fused-ring (bicyclic) bond motifs is 1. The summed E-state index contributed by atoms with van der Waals surface area (Å²) in [6, 6.07) is 18.4. The molecule has 4 rings (SSSR count). The first kappa shape index (κ1) is 18.5. The first-order chi connectivity index (χ1) is 13.5. The molecule has 0 bridgehead atoms. The molecule has 2 aromatic carbocycles. The van der Waals surface area contributed by atoms with Crippen molar-refractivity contribution in [2.45, 2.75) is 0 Å². The van der Waals surface area contributed by atoms with Crippen molar-refractivity contribution in [1.82, 2.24) is 9.21 Å². The molecular formula is C21H20N2O4S. The van der Waals surface area contributed by atoms with Crippen LogP contribution >= 0.6 is 0 Å². The van der Waals surface area contributed by atoms with Crippen molar-refractivity contribution in [2.75, 3.05) is 26.2 Å². The molecule has 6 nitrogen and oxygen atoms in total. The van der Waals surface area contributed by atoms with Crippen LogP contribution in [0, 0.1) is 0 Å². The summed E-state index contributed by atoms with van der Waals surface area (Å²) in [5, 5.41) is 2.09. The van der Waals surface area contributed by atoms with Crippen molar-refractivity contribution in [3.63, 3.8) is 0 Å². The van der Waals surface area contributed by atoms with E-state index in [1.54, 1.807) is 17.0 Å². The number of hydrogen-bond acceptors (Lipinski definition) is 4. The van der Waals surface area contributed by atoms with Crippen molar-refractivity contribution in [2.24, 2.45) is 0 Å². The fourth-order valence-corrected chi connectivity index (χ4v) is 4.38. The van der Waals surface area contributed by atoms with E-state index < -0.39 is 10.0 Å². The van der Waals surface area contributed by atoms with E-state index in [0.717, 1.165) is 10.9 Å². The highest BCUT2D eigenvalue weighted by molar-refractivity contribution is 7.92. The first-order valence-corrected chi connectivity index (χ1v) is 10.5. The summed E-state index contributed by atoms with van der Waals surface area (Å²) in [5.74, 6) is 0.0644. The molecule has 0 unspecified atom stereocenters. The van der Waals surface area contributed by atoms with E-state index in [9.17, 15) is 13.2 Å². The van der Waals surface area contributed by atoms with Crippen LogP contribution in [0.15, 0.2) is 70.5 Å². The second kappa shape index (κ2) is 7.61. The molecule has 0 N–H and O–H groups in total. The van der Waals surface area contributed by atoms with Crippen LogP contribution in [-0.2, 0) is 10.0 Å². The molecule has 2 heterocycles. The summed E-state index contributed by atoms with van der Waals surface area (Å²) in [4.78, 5) is 14.3. The minimum absolute atomic E-state index is 0.215. The average Bonchev–Trinajstić information content (AvgIpc) is 3.17. The number of amides is 1. The fourth-order valence-electron chi connectivity index (χ4n) is 3.20. The normalized spacial score (nSPS) is 16.1. The van der Waals surface area contributed by atoms with Crippen molar-refractivity contribution >= 4 is 33.0 Å². The predicted octanol–water partition coefficient (Wildman–Crippen LogP) is 3.19. The van der Waals surface area contributed by atoms with Crippen molar-refractivity contribution in [1.29, 1.82) is 0 Å². The van der Waals surface area contributed by atoms with E-state index in [-0.39, 0.29) is 24.8 Å². The molecule has 1 aromatic heterocycles. The largest absolute Gasteiger partial charge is 0.451 e. The Morgan fingerprint density at radius 1 is 0.929 bits per heavy atom. The first-order valence-electron chi connectivity index (χ1n) is 9.04. The van der Waals surface area contributed by atoms with Crippen LogP contribution in [0.1, 0.15) is 16.1 Å². The van der Waals surface area contributed by atoms with Gasteiger partial charge in [0.2, 0.25) is 10.0 Å². The SMILES string of the molecule is O=C(c1cc2ccccc2o1)N1CCN(S(=O)(=O)/C=C/c2ccccc2)CC1. The van der Waals surface area contributed by atoms with Crippen molar-refractivity contribution in [3.05, 3.63) is 77.4 Å². The molecule has 1 fully saturated rings. The van der Waals surface area contributed by atoms with Gasteiger partial charge in [-0.1, -0.05) is 48.5 Å². The summed E-state index contributed by atoms with van der Waals surface area (Å²) >= 11 is 0. The molecule has 3 aromatic rings.